The molecule has 20 heavy (non-hydrogen) atoms. The molecule has 3 nitrogen and oxygen atoms in total. The molecule has 108 valence electrons. The molecule has 0 aliphatic carbocycles. The van der Waals surface area contributed by atoms with Crippen LogP contribution in [0.2, 0.25) is 0 Å². The van der Waals surface area contributed by atoms with Crippen LogP contribution in [0.3, 0.4) is 0 Å². The second-order valence-corrected chi connectivity index (χ2v) is 5.26. The maximum absolute atomic E-state index is 12.3. The Morgan fingerprint density at radius 1 is 1.40 bits per heavy atom. The second kappa shape index (κ2) is 7.99. The molecule has 1 aromatic heterocycles. The first-order valence-electron chi connectivity index (χ1n) is 5.87. The Hall–Kier alpha value is -1.43. The molecular weight excluding hydrogens is 299 g/mol. The minimum absolute atomic E-state index is 0. The van der Waals surface area contributed by atoms with E-state index in [2.05, 4.69) is 4.98 Å². The van der Waals surface area contributed by atoms with E-state index in [1.807, 2.05) is 37.4 Å². The topological polar surface area (TPSA) is 48.1 Å². The van der Waals surface area contributed by atoms with Gasteiger partial charge in [0.1, 0.15) is 12.4 Å². The predicted molar refractivity (Wildman–Crippen MR) is 83.3 cm³/mol. The largest absolute Gasteiger partial charge is 0.489 e. The van der Waals surface area contributed by atoms with Gasteiger partial charge in [0.2, 0.25) is 0 Å². The van der Waals surface area contributed by atoms with Crippen LogP contribution in [0.25, 0.3) is 10.4 Å². The Bertz CT molecular complexity index is 569. The van der Waals surface area contributed by atoms with Gasteiger partial charge in [-0.2, -0.15) is 0 Å². The highest BCUT2D eigenvalue weighted by atomic mass is 35.5. The molecule has 0 fully saturated rings. The minimum atomic E-state index is 0. The van der Waals surface area contributed by atoms with Crippen molar-refractivity contribution in [3.8, 4) is 16.2 Å². The van der Waals surface area contributed by atoms with Gasteiger partial charge < -0.3 is 10.5 Å². The van der Waals surface area contributed by atoms with Crippen molar-refractivity contribution in [2.45, 2.75) is 6.92 Å². The zero-order valence-corrected chi connectivity index (χ0v) is 12.6. The molecule has 0 amide bonds. The fourth-order valence-corrected chi connectivity index (χ4v) is 2.30. The molecule has 0 unspecified atom stereocenters. The summed E-state index contributed by atoms with van der Waals surface area (Å²) in [5, 5.41) is 1.04. The van der Waals surface area contributed by atoms with Crippen molar-refractivity contribution < 1.29 is 9.13 Å². The standard InChI is InChI=1S/C14H15FN2OS.ClH/c1-10-17-8-14(19-10)12-2-4-13(5-3-12)18-9-11(6-15)7-16;/h2-6,8H,7,9,16H2,1H3;1H/b11-6+;. The number of nitrogens with zero attached hydrogens (tertiary/aromatic N) is 1. The second-order valence-electron chi connectivity index (χ2n) is 4.03. The lowest BCUT2D eigenvalue weighted by atomic mass is 10.2. The van der Waals surface area contributed by atoms with Gasteiger partial charge in [-0.05, 0) is 36.8 Å². The van der Waals surface area contributed by atoms with Crippen molar-refractivity contribution in [3.63, 3.8) is 0 Å². The van der Waals surface area contributed by atoms with Gasteiger partial charge in [-0.1, -0.05) is 0 Å². The highest BCUT2D eigenvalue weighted by Crippen LogP contribution is 2.27. The van der Waals surface area contributed by atoms with E-state index in [0.29, 0.717) is 17.7 Å². The fraction of sp³-hybridized carbons (Fsp3) is 0.214. The molecule has 0 aliphatic heterocycles. The molecule has 0 saturated carbocycles. The summed E-state index contributed by atoms with van der Waals surface area (Å²) < 4.78 is 17.8. The number of aryl methyl sites for hydroxylation is 1. The van der Waals surface area contributed by atoms with Crippen molar-refractivity contribution in [3.05, 3.63) is 47.4 Å². The van der Waals surface area contributed by atoms with E-state index < -0.39 is 0 Å². The van der Waals surface area contributed by atoms with E-state index in [1.54, 1.807) is 11.3 Å². The van der Waals surface area contributed by atoms with Crippen LogP contribution >= 0.6 is 23.7 Å². The Morgan fingerprint density at radius 3 is 2.60 bits per heavy atom. The molecule has 0 bridgehead atoms. The summed E-state index contributed by atoms with van der Waals surface area (Å²) in [7, 11) is 0. The highest BCUT2D eigenvalue weighted by molar-refractivity contribution is 7.15. The van der Waals surface area contributed by atoms with Crippen LogP contribution in [-0.2, 0) is 0 Å². The number of thiazole rings is 1. The third-order valence-electron chi connectivity index (χ3n) is 2.60. The van der Waals surface area contributed by atoms with Crippen LogP contribution in [0.1, 0.15) is 5.01 Å². The van der Waals surface area contributed by atoms with Gasteiger partial charge in [0.15, 0.2) is 0 Å². The maximum atomic E-state index is 12.3. The molecule has 2 rings (SSSR count). The van der Waals surface area contributed by atoms with Gasteiger partial charge in [0.05, 0.1) is 16.2 Å². The molecular formula is C14H16ClFN2OS. The fourth-order valence-electron chi connectivity index (χ4n) is 1.52. The Kier molecular flexibility index (Phi) is 6.64. The van der Waals surface area contributed by atoms with Gasteiger partial charge in [-0.25, -0.2) is 9.37 Å². The number of aromatic nitrogens is 1. The summed E-state index contributed by atoms with van der Waals surface area (Å²) in [4.78, 5) is 5.34. The maximum Gasteiger partial charge on any atom is 0.119 e. The lowest BCUT2D eigenvalue weighted by Crippen LogP contribution is -2.10. The number of rotatable bonds is 5. The van der Waals surface area contributed by atoms with Crippen LogP contribution in [-0.4, -0.2) is 18.1 Å². The number of nitrogens with two attached hydrogens (primary N) is 1. The number of hydrogen-bond donors (Lipinski definition) is 1. The number of halogens is 2. The van der Waals surface area contributed by atoms with Crippen LogP contribution in [0, 0.1) is 6.92 Å². The van der Waals surface area contributed by atoms with Crippen LogP contribution in [0.5, 0.6) is 5.75 Å². The highest BCUT2D eigenvalue weighted by Gasteiger charge is 2.03. The lowest BCUT2D eigenvalue weighted by Gasteiger charge is -2.07. The van der Waals surface area contributed by atoms with E-state index in [4.69, 9.17) is 10.5 Å². The van der Waals surface area contributed by atoms with E-state index in [-0.39, 0.29) is 25.6 Å². The van der Waals surface area contributed by atoms with Gasteiger partial charge >= 0.3 is 0 Å². The van der Waals surface area contributed by atoms with E-state index in [0.717, 1.165) is 15.4 Å². The average Bonchev–Trinajstić information content (AvgIpc) is 2.87. The zero-order valence-electron chi connectivity index (χ0n) is 11.0. The summed E-state index contributed by atoms with van der Waals surface area (Å²) in [6.07, 6.45) is 2.35. The summed E-state index contributed by atoms with van der Waals surface area (Å²) in [6, 6.07) is 7.64. The summed E-state index contributed by atoms with van der Waals surface area (Å²) in [5.41, 5.74) is 6.88. The first-order valence-corrected chi connectivity index (χ1v) is 6.68. The minimum Gasteiger partial charge on any atom is -0.489 e. The summed E-state index contributed by atoms with van der Waals surface area (Å²) >= 11 is 1.65. The van der Waals surface area contributed by atoms with Gasteiger partial charge in [0, 0.05) is 18.3 Å². The summed E-state index contributed by atoms with van der Waals surface area (Å²) in [5.74, 6) is 0.692. The summed E-state index contributed by atoms with van der Waals surface area (Å²) in [6.45, 7) is 2.31. The van der Waals surface area contributed by atoms with Crippen molar-refractivity contribution in [2.75, 3.05) is 13.2 Å². The van der Waals surface area contributed by atoms with Crippen molar-refractivity contribution in [1.82, 2.24) is 4.98 Å². The van der Waals surface area contributed by atoms with Gasteiger partial charge in [0.25, 0.3) is 0 Å². The third-order valence-corrected chi connectivity index (χ3v) is 3.56. The van der Waals surface area contributed by atoms with Crippen LogP contribution < -0.4 is 10.5 Å². The smallest absolute Gasteiger partial charge is 0.119 e. The quantitative estimate of drug-likeness (QED) is 0.914. The molecule has 0 aliphatic rings. The molecule has 0 atom stereocenters. The number of benzene rings is 1. The lowest BCUT2D eigenvalue weighted by molar-refractivity contribution is 0.347. The SMILES string of the molecule is Cc1ncc(-c2ccc(OC/C(=C/F)CN)cc2)s1.Cl. The Balaban J connectivity index is 0.00000200. The molecule has 0 saturated heterocycles. The average molecular weight is 315 g/mol. The van der Waals surface area contributed by atoms with Gasteiger partial charge in [-0.15, -0.1) is 23.7 Å². The number of hydrogen-bond acceptors (Lipinski definition) is 4. The molecule has 0 spiro atoms. The van der Waals surface area contributed by atoms with Crippen LogP contribution in [0.4, 0.5) is 4.39 Å². The molecule has 6 heteroatoms. The molecule has 2 aromatic rings. The van der Waals surface area contributed by atoms with Gasteiger partial charge in [-0.3, -0.25) is 0 Å². The first kappa shape index (κ1) is 16.6. The van der Waals surface area contributed by atoms with E-state index in [1.165, 1.54) is 0 Å². The molecule has 2 N–H and O–H groups in total. The zero-order chi connectivity index (χ0) is 13.7. The monoisotopic (exact) mass is 314 g/mol. The third kappa shape index (κ3) is 4.30. The first-order chi connectivity index (χ1) is 9.22. The van der Waals surface area contributed by atoms with E-state index in [9.17, 15) is 4.39 Å². The van der Waals surface area contributed by atoms with Crippen molar-refractivity contribution in [1.29, 1.82) is 0 Å². The molecule has 0 radical (unpaired) electrons. The van der Waals surface area contributed by atoms with Crippen LogP contribution in [0.15, 0.2) is 42.4 Å². The molecule has 1 heterocycles. The normalized spacial score (nSPS) is 11.1. The van der Waals surface area contributed by atoms with Crippen molar-refractivity contribution >= 4 is 23.7 Å². The van der Waals surface area contributed by atoms with E-state index >= 15 is 0 Å². The number of ether oxygens (including phenoxy) is 1. The Labute approximate surface area is 127 Å². The Morgan fingerprint density at radius 2 is 2.10 bits per heavy atom. The predicted octanol–water partition coefficient (Wildman–Crippen LogP) is 3.73. The van der Waals surface area contributed by atoms with Crippen molar-refractivity contribution in [2.24, 2.45) is 5.73 Å². The molecule has 1 aromatic carbocycles.